The molecule has 3 aromatic rings. The number of nitrogens with zero attached hydrogens (tertiary/aromatic N) is 2. The van der Waals surface area contributed by atoms with Gasteiger partial charge in [-0.05, 0) is 55.8 Å². The number of amides is 2. The number of benzene rings is 3. The van der Waals surface area contributed by atoms with Gasteiger partial charge in [0.1, 0.15) is 25.8 Å². The van der Waals surface area contributed by atoms with Crippen LogP contribution in [0.5, 0.6) is 11.5 Å². The highest BCUT2D eigenvalue weighted by atomic mass is 35.5. The fraction of sp³-hybridized carbons (Fsp3) is 0.286. The molecular formula is C28H30ClN3O6S. The fourth-order valence-corrected chi connectivity index (χ4v) is 5.81. The van der Waals surface area contributed by atoms with Crippen molar-refractivity contribution < 1.29 is 27.5 Å². The van der Waals surface area contributed by atoms with Gasteiger partial charge in [-0.1, -0.05) is 41.9 Å². The molecule has 1 atom stereocenters. The Morgan fingerprint density at radius 3 is 2.38 bits per heavy atom. The van der Waals surface area contributed by atoms with Gasteiger partial charge >= 0.3 is 0 Å². The average Bonchev–Trinajstić information content (AvgIpc) is 2.94. The molecule has 1 N–H and O–H groups in total. The second kappa shape index (κ2) is 12.4. The van der Waals surface area contributed by atoms with Gasteiger partial charge in [-0.2, -0.15) is 0 Å². The largest absolute Gasteiger partial charge is 0.486 e. The second-order valence-corrected chi connectivity index (χ2v) is 11.2. The van der Waals surface area contributed by atoms with Gasteiger partial charge in [0.2, 0.25) is 11.8 Å². The predicted octanol–water partition coefficient (Wildman–Crippen LogP) is 3.86. The summed E-state index contributed by atoms with van der Waals surface area (Å²) >= 11 is 6.16. The van der Waals surface area contributed by atoms with Crippen molar-refractivity contribution in [1.29, 1.82) is 0 Å². The SMILES string of the molecule is CCNC(=O)[C@@H](C)N(Cc1cccc(Cl)c1)C(=O)CN(c1ccc2c(c1)OCCO2)S(=O)(=O)c1ccccc1. The summed E-state index contributed by atoms with van der Waals surface area (Å²) in [4.78, 5) is 28.0. The molecule has 2 amide bonds. The lowest BCUT2D eigenvalue weighted by atomic mass is 10.1. The lowest BCUT2D eigenvalue weighted by molar-refractivity contribution is -0.139. The van der Waals surface area contributed by atoms with Gasteiger partial charge < -0.3 is 19.7 Å². The normalized spacial score (nSPS) is 13.3. The van der Waals surface area contributed by atoms with Crippen LogP contribution in [0.4, 0.5) is 5.69 Å². The molecule has 1 heterocycles. The Balaban J connectivity index is 1.73. The van der Waals surface area contributed by atoms with Crippen molar-refractivity contribution in [3.05, 3.63) is 83.4 Å². The van der Waals surface area contributed by atoms with E-state index in [1.54, 1.807) is 68.4 Å². The molecule has 0 aromatic heterocycles. The summed E-state index contributed by atoms with van der Waals surface area (Å²) in [6.45, 7) is 3.97. The minimum absolute atomic E-state index is 0.0193. The summed E-state index contributed by atoms with van der Waals surface area (Å²) in [5.41, 5.74) is 0.925. The molecule has 0 unspecified atom stereocenters. The van der Waals surface area contributed by atoms with Gasteiger partial charge in [0.25, 0.3) is 10.0 Å². The molecule has 4 rings (SSSR count). The third-order valence-corrected chi connectivity index (χ3v) is 8.21. The number of anilines is 1. The van der Waals surface area contributed by atoms with Crippen molar-refractivity contribution in [3.8, 4) is 11.5 Å². The minimum atomic E-state index is -4.18. The van der Waals surface area contributed by atoms with Crippen molar-refractivity contribution in [2.24, 2.45) is 0 Å². The smallest absolute Gasteiger partial charge is 0.264 e. The number of halogens is 1. The Hall–Kier alpha value is -3.76. The van der Waals surface area contributed by atoms with Crippen molar-refractivity contribution in [2.45, 2.75) is 31.3 Å². The Morgan fingerprint density at radius 2 is 1.69 bits per heavy atom. The molecule has 206 valence electrons. The summed E-state index contributed by atoms with van der Waals surface area (Å²) in [6, 6.07) is 18.6. The summed E-state index contributed by atoms with van der Waals surface area (Å²) in [6.07, 6.45) is 0. The molecule has 0 bridgehead atoms. The van der Waals surface area contributed by atoms with Crippen LogP contribution in [-0.4, -0.2) is 57.5 Å². The van der Waals surface area contributed by atoms with Crippen LogP contribution in [0.15, 0.2) is 77.7 Å². The van der Waals surface area contributed by atoms with E-state index in [2.05, 4.69) is 5.32 Å². The molecule has 0 saturated heterocycles. The number of carbonyl (C=O) groups excluding carboxylic acids is 2. The standard InChI is InChI=1S/C28H30ClN3O6S/c1-3-30-28(34)20(2)31(18-21-8-7-9-22(29)16-21)27(33)19-32(39(35,36)24-10-5-4-6-11-24)23-12-13-25-26(17-23)38-15-14-37-25/h4-13,16-17,20H,3,14-15,18-19H2,1-2H3,(H,30,34)/t20-/m1/s1. The zero-order valence-corrected chi connectivity index (χ0v) is 23.2. The maximum atomic E-state index is 13.9. The number of sulfonamides is 1. The summed E-state index contributed by atoms with van der Waals surface area (Å²) in [5.74, 6) is -0.0560. The van der Waals surface area contributed by atoms with Gasteiger partial charge in [-0.25, -0.2) is 8.42 Å². The van der Waals surface area contributed by atoms with E-state index in [0.717, 1.165) is 4.31 Å². The van der Waals surface area contributed by atoms with E-state index in [1.165, 1.54) is 23.1 Å². The van der Waals surface area contributed by atoms with Gasteiger partial charge in [-0.15, -0.1) is 0 Å². The quantitative estimate of drug-likeness (QED) is 0.396. The molecule has 0 radical (unpaired) electrons. The van der Waals surface area contributed by atoms with Gasteiger partial charge in [-0.3, -0.25) is 13.9 Å². The zero-order valence-electron chi connectivity index (χ0n) is 21.7. The highest BCUT2D eigenvalue weighted by molar-refractivity contribution is 7.92. The summed E-state index contributed by atoms with van der Waals surface area (Å²) < 4.78 is 40.0. The highest BCUT2D eigenvalue weighted by Crippen LogP contribution is 2.36. The van der Waals surface area contributed by atoms with Crippen molar-refractivity contribution in [1.82, 2.24) is 10.2 Å². The number of carbonyl (C=O) groups is 2. The third-order valence-electron chi connectivity index (χ3n) is 6.18. The summed E-state index contributed by atoms with van der Waals surface area (Å²) in [5, 5.41) is 3.21. The van der Waals surface area contributed by atoms with Crippen LogP contribution in [0.3, 0.4) is 0 Å². The monoisotopic (exact) mass is 571 g/mol. The third kappa shape index (κ3) is 6.63. The second-order valence-electron chi connectivity index (χ2n) is 8.87. The zero-order chi connectivity index (χ0) is 28.0. The molecule has 3 aromatic carbocycles. The van der Waals surface area contributed by atoms with E-state index < -0.39 is 28.5 Å². The van der Waals surface area contributed by atoms with Crippen LogP contribution >= 0.6 is 11.6 Å². The maximum absolute atomic E-state index is 13.9. The molecule has 0 aliphatic carbocycles. The van der Waals surface area contributed by atoms with Gasteiger partial charge in [0.05, 0.1) is 10.6 Å². The molecule has 1 aliphatic rings. The van der Waals surface area contributed by atoms with Crippen LogP contribution in [0.25, 0.3) is 0 Å². The Morgan fingerprint density at radius 1 is 0.974 bits per heavy atom. The van der Waals surface area contributed by atoms with Crippen LogP contribution in [-0.2, 0) is 26.2 Å². The van der Waals surface area contributed by atoms with E-state index in [-0.39, 0.29) is 23.0 Å². The van der Waals surface area contributed by atoms with Crippen LogP contribution in [0.2, 0.25) is 5.02 Å². The van der Waals surface area contributed by atoms with Crippen LogP contribution in [0.1, 0.15) is 19.4 Å². The van der Waals surface area contributed by atoms with Crippen LogP contribution < -0.4 is 19.1 Å². The van der Waals surface area contributed by atoms with E-state index in [0.29, 0.717) is 41.8 Å². The number of nitrogens with one attached hydrogen (secondary N) is 1. The molecule has 39 heavy (non-hydrogen) atoms. The van der Waals surface area contributed by atoms with Crippen molar-refractivity contribution >= 4 is 39.1 Å². The van der Waals surface area contributed by atoms with Gasteiger partial charge in [0, 0.05) is 24.2 Å². The minimum Gasteiger partial charge on any atom is -0.486 e. The Labute approximate surface area is 233 Å². The van der Waals surface area contributed by atoms with E-state index in [1.807, 2.05) is 0 Å². The molecule has 1 aliphatic heterocycles. The maximum Gasteiger partial charge on any atom is 0.264 e. The highest BCUT2D eigenvalue weighted by Gasteiger charge is 2.33. The first-order valence-corrected chi connectivity index (χ1v) is 14.3. The number of likely N-dealkylation sites (N-methyl/N-ethyl adjacent to an activating group) is 1. The first kappa shape index (κ1) is 28.3. The topological polar surface area (TPSA) is 105 Å². The number of rotatable bonds is 10. The first-order chi connectivity index (χ1) is 18.7. The van der Waals surface area contributed by atoms with Crippen LogP contribution in [0, 0.1) is 0 Å². The average molecular weight is 572 g/mol. The summed E-state index contributed by atoms with van der Waals surface area (Å²) in [7, 11) is -4.18. The van der Waals surface area contributed by atoms with E-state index in [9.17, 15) is 18.0 Å². The lowest BCUT2D eigenvalue weighted by Crippen LogP contribution is -2.51. The lowest BCUT2D eigenvalue weighted by Gasteiger charge is -2.32. The Kier molecular flexibility index (Phi) is 8.98. The Bertz CT molecular complexity index is 1430. The van der Waals surface area contributed by atoms with Crippen molar-refractivity contribution in [2.75, 3.05) is 30.6 Å². The first-order valence-electron chi connectivity index (χ1n) is 12.5. The van der Waals surface area contributed by atoms with Gasteiger partial charge in [0.15, 0.2) is 11.5 Å². The predicted molar refractivity (Wildman–Crippen MR) is 149 cm³/mol. The van der Waals surface area contributed by atoms with E-state index >= 15 is 0 Å². The molecule has 0 saturated carbocycles. The van der Waals surface area contributed by atoms with E-state index in [4.69, 9.17) is 21.1 Å². The number of hydrogen-bond donors (Lipinski definition) is 1. The fourth-order valence-electron chi connectivity index (χ4n) is 4.17. The number of ether oxygens (including phenoxy) is 2. The number of hydrogen-bond acceptors (Lipinski definition) is 6. The molecule has 0 spiro atoms. The molecule has 9 nitrogen and oxygen atoms in total. The van der Waals surface area contributed by atoms with Crippen molar-refractivity contribution in [3.63, 3.8) is 0 Å². The molecule has 11 heteroatoms. The molecular weight excluding hydrogens is 542 g/mol. The number of fused-ring (bicyclic) bond motifs is 1. The molecule has 0 fully saturated rings.